The van der Waals surface area contributed by atoms with Gasteiger partial charge in [-0.25, -0.2) is 15.0 Å². The number of halogens is 1. The molecule has 2 heterocycles. The third-order valence-electron chi connectivity index (χ3n) is 4.42. The van der Waals surface area contributed by atoms with Crippen LogP contribution in [0.2, 0.25) is 5.02 Å². The van der Waals surface area contributed by atoms with Crippen LogP contribution in [0, 0.1) is 0 Å². The molecule has 0 fully saturated rings. The maximum atomic E-state index is 6.10. The monoisotopic (exact) mass is 371 g/mol. The molecule has 6 nitrogen and oxygen atoms in total. The molecule has 0 bridgehead atoms. The lowest BCUT2D eigenvalue weighted by molar-refractivity contribution is 0.165. The Labute approximate surface area is 158 Å². The van der Waals surface area contributed by atoms with Gasteiger partial charge in [0.2, 0.25) is 0 Å². The van der Waals surface area contributed by atoms with E-state index >= 15 is 0 Å². The second kappa shape index (κ2) is 8.76. The van der Waals surface area contributed by atoms with Crippen molar-refractivity contribution >= 4 is 11.6 Å². The van der Waals surface area contributed by atoms with Crippen molar-refractivity contribution in [3.8, 4) is 6.01 Å². The molecule has 0 aliphatic heterocycles. The Bertz CT molecular complexity index is 779. The van der Waals surface area contributed by atoms with Gasteiger partial charge in [-0.15, -0.1) is 0 Å². The van der Waals surface area contributed by atoms with E-state index in [-0.39, 0.29) is 5.41 Å². The molecule has 0 N–H and O–H groups in total. The number of hydrogen-bond donors (Lipinski definition) is 0. The van der Waals surface area contributed by atoms with Crippen LogP contribution in [0.15, 0.2) is 55.4 Å². The number of hydrogen-bond acceptors (Lipinski definition) is 5. The van der Waals surface area contributed by atoms with Crippen molar-refractivity contribution in [1.82, 2.24) is 24.7 Å². The Kier molecular flexibility index (Phi) is 6.17. The molecule has 0 aliphatic rings. The summed E-state index contributed by atoms with van der Waals surface area (Å²) in [5.74, 6) is 0. The largest absolute Gasteiger partial charge is 0.462 e. The van der Waals surface area contributed by atoms with Crippen LogP contribution in [0.5, 0.6) is 6.01 Å². The van der Waals surface area contributed by atoms with Gasteiger partial charge in [-0.3, -0.25) is 4.68 Å². The minimum Gasteiger partial charge on any atom is -0.462 e. The number of rotatable bonds is 9. The Morgan fingerprint density at radius 1 is 1.15 bits per heavy atom. The SMILES string of the molecule is CCCCC(COc1ncccn1)(Cn1cncn1)c1ccc(Cl)cc1. The molecule has 0 saturated carbocycles. The predicted molar refractivity (Wildman–Crippen MR) is 100 cm³/mol. The van der Waals surface area contributed by atoms with Gasteiger partial charge < -0.3 is 4.74 Å². The van der Waals surface area contributed by atoms with Crippen LogP contribution in [0.3, 0.4) is 0 Å². The van der Waals surface area contributed by atoms with Gasteiger partial charge in [0.05, 0.1) is 6.54 Å². The summed E-state index contributed by atoms with van der Waals surface area (Å²) in [6.45, 7) is 3.28. The van der Waals surface area contributed by atoms with Crippen LogP contribution < -0.4 is 4.74 Å². The molecule has 1 unspecified atom stereocenters. The van der Waals surface area contributed by atoms with Crippen molar-refractivity contribution in [3.63, 3.8) is 0 Å². The highest BCUT2D eigenvalue weighted by molar-refractivity contribution is 6.30. The average Bonchev–Trinajstić information content (AvgIpc) is 3.18. The first-order valence-corrected chi connectivity index (χ1v) is 9.08. The summed E-state index contributed by atoms with van der Waals surface area (Å²) in [4.78, 5) is 12.4. The molecular weight excluding hydrogens is 350 g/mol. The lowest BCUT2D eigenvalue weighted by Gasteiger charge is -2.34. The summed E-state index contributed by atoms with van der Waals surface area (Å²) in [6.07, 6.45) is 9.73. The first kappa shape index (κ1) is 18.3. The number of unbranched alkanes of at least 4 members (excludes halogenated alkanes) is 1. The molecule has 26 heavy (non-hydrogen) atoms. The molecular formula is C19H22ClN5O. The van der Waals surface area contributed by atoms with E-state index in [0.717, 1.165) is 24.8 Å². The zero-order valence-electron chi connectivity index (χ0n) is 14.8. The van der Waals surface area contributed by atoms with E-state index in [1.165, 1.54) is 0 Å². The molecule has 7 heteroatoms. The quantitative estimate of drug-likeness (QED) is 0.570. The molecule has 3 aromatic rings. The van der Waals surface area contributed by atoms with Crippen LogP contribution in [-0.4, -0.2) is 31.3 Å². The van der Waals surface area contributed by atoms with Crippen LogP contribution >= 0.6 is 11.6 Å². The fourth-order valence-corrected chi connectivity index (χ4v) is 3.15. The fraction of sp³-hybridized carbons (Fsp3) is 0.368. The number of aromatic nitrogens is 5. The minimum absolute atomic E-state index is 0.284. The molecule has 0 radical (unpaired) electrons. The Balaban J connectivity index is 1.93. The Morgan fingerprint density at radius 2 is 1.92 bits per heavy atom. The zero-order chi connectivity index (χ0) is 18.2. The van der Waals surface area contributed by atoms with Gasteiger partial charge in [0, 0.05) is 22.8 Å². The van der Waals surface area contributed by atoms with Gasteiger partial charge in [0.1, 0.15) is 19.3 Å². The van der Waals surface area contributed by atoms with Crippen LogP contribution in [0.25, 0.3) is 0 Å². The smallest absolute Gasteiger partial charge is 0.316 e. The van der Waals surface area contributed by atoms with Gasteiger partial charge in [-0.05, 0) is 30.2 Å². The standard InChI is InChI=1S/C19H22ClN5O/c1-2-3-9-19(12-25-15-21-14-24-25,16-5-7-17(20)8-6-16)13-26-18-22-10-4-11-23-18/h4-8,10-11,14-15H,2-3,9,12-13H2,1H3. The molecule has 0 aliphatic carbocycles. The van der Waals surface area contributed by atoms with Crippen molar-refractivity contribution in [2.75, 3.05) is 6.61 Å². The molecule has 3 rings (SSSR count). The summed E-state index contributed by atoms with van der Waals surface area (Å²) in [7, 11) is 0. The van der Waals surface area contributed by atoms with E-state index in [1.807, 2.05) is 16.8 Å². The third-order valence-corrected chi connectivity index (χ3v) is 4.67. The topological polar surface area (TPSA) is 65.7 Å². The zero-order valence-corrected chi connectivity index (χ0v) is 15.5. The molecule has 0 saturated heterocycles. The van der Waals surface area contributed by atoms with E-state index in [9.17, 15) is 0 Å². The Morgan fingerprint density at radius 3 is 2.58 bits per heavy atom. The lowest BCUT2D eigenvalue weighted by atomic mass is 9.77. The predicted octanol–water partition coefficient (Wildman–Crippen LogP) is 3.93. The molecule has 2 aromatic heterocycles. The highest BCUT2D eigenvalue weighted by Crippen LogP contribution is 2.33. The van der Waals surface area contributed by atoms with Gasteiger partial charge in [0.25, 0.3) is 0 Å². The van der Waals surface area contributed by atoms with Gasteiger partial charge in [0.15, 0.2) is 0 Å². The van der Waals surface area contributed by atoms with Crippen molar-refractivity contribution in [1.29, 1.82) is 0 Å². The average molecular weight is 372 g/mol. The van der Waals surface area contributed by atoms with Crippen molar-refractivity contribution in [3.05, 3.63) is 66.0 Å². The summed E-state index contributed by atoms with van der Waals surface area (Å²) < 4.78 is 7.83. The van der Waals surface area contributed by atoms with Crippen LogP contribution in [-0.2, 0) is 12.0 Å². The molecule has 0 amide bonds. The second-order valence-corrected chi connectivity index (χ2v) is 6.74. The highest BCUT2D eigenvalue weighted by atomic mass is 35.5. The Hall–Kier alpha value is -2.47. The first-order valence-electron chi connectivity index (χ1n) is 8.70. The van der Waals surface area contributed by atoms with Gasteiger partial charge >= 0.3 is 6.01 Å². The lowest BCUT2D eigenvalue weighted by Crippen LogP contribution is -2.38. The normalized spacial score (nSPS) is 13.3. The molecule has 1 atom stereocenters. The van der Waals surface area contributed by atoms with E-state index in [4.69, 9.17) is 16.3 Å². The summed E-state index contributed by atoms with van der Waals surface area (Å²) in [5.41, 5.74) is 0.870. The summed E-state index contributed by atoms with van der Waals surface area (Å²) >= 11 is 6.10. The van der Waals surface area contributed by atoms with Gasteiger partial charge in [-0.2, -0.15) is 5.10 Å². The van der Waals surface area contributed by atoms with Crippen molar-refractivity contribution in [2.45, 2.75) is 38.1 Å². The summed E-state index contributed by atoms with van der Waals surface area (Å²) in [6, 6.07) is 10.1. The second-order valence-electron chi connectivity index (χ2n) is 6.30. The molecule has 1 aromatic carbocycles. The number of benzene rings is 1. The fourth-order valence-electron chi connectivity index (χ4n) is 3.02. The van der Waals surface area contributed by atoms with Crippen LogP contribution in [0.1, 0.15) is 31.7 Å². The summed E-state index contributed by atoms with van der Waals surface area (Å²) in [5, 5.41) is 5.01. The number of ether oxygens (including phenoxy) is 1. The van der Waals surface area contributed by atoms with E-state index in [0.29, 0.717) is 24.2 Å². The van der Waals surface area contributed by atoms with Crippen molar-refractivity contribution < 1.29 is 4.74 Å². The molecule has 136 valence electrons. The minimum atomic E-state index is -0.284. The maximum Gasteiger partial charge on any atom is 0.316 e. The first-order chi connectivity index (χ1) is 12.7. The van der Waals surface area contributed by atoms with Crippen LogP contribution in [0.4, 0.5) is 0 Å². The van der Waals surface area contributed by atoms with E-state index < -0.39 is 0 Å². The third kappa shape index (κ3) is 4.58. The maximum absolute atomic E-state index is 6.10. The highest BCUT2D eigenvalue weighted by Gasteiger charge is 2.34. The van der Waals surface area contributed by atoms with E-state index in [2.05, 4.69) is 39.1 Å². The van der Waals surface area contributed by atoms with Gasteiger partial charge in [-0.1, -0.05) is 43.5 Å². The van der Waals surface area contributed by atoms with E-state index in [1.54, 1.807) is 31.1 Å². The number of nitrogens with zero attached hydrogens (tertiary/aromatic N) is 5. The van der Waals surface area contributed by atoms with Crippen molar-refractivity contribution in [2.24, 2.45) is 0 Å². The molecule has 0 spiro atoms.